The number of hydrogen-bond acceptors (Lipinski definition) is 4. The minimum Gasteiger partial charge on any atom is -0.432 e. The number of fused-ring (bicyclic) bond motifs is 4. The smallest absolute Gasteiger partial charge is 0.387 e. The van der Waals surface area contributed by atoms with Gasteiger partial charge >= 0.3 is 6.61 Å². The maximum absolute atomic E-state index is 13.9. The van der Waals surface area contributed by atoms with E-state index in [1.165, 1.54) is 12.1 Å². The van der Waals surface area contributed by atoms with Crippen molar-refractivity contribution in [2.24, 2.45) is 0 Å². The van der Waals surface area contributed by atoms with Crippen LogP contribution in [0.5, 0.6) is 5.75 Å². The maximum atomic E-state index is 13.9. The molecule has 0 spiro atoms. The zero-order valence-corrected chi connectivity index (χ0v) is 12.8. The molecule has 0 radical (unpaired) electrons. The average Bonchev–Trinajstić information content (AvgIpc) is 2.82. The summed E-state index contributed by atoms with van der Waals surface area (Å²) in [5.41, 5.74) is 2.98. The molecule has 7 heteroatoms. The first-order chi connectivity index (χ1) is 11.6. The van der Waals surface area contributed by atoms with Gasteiger partial charge in [0.25, 0.3) is 0 Å². The van der Waals surface area contributed by atoms with Gasteiger partial charge in [-0.2, -0.15) is 8.78 Å². The third-order valence-electron chi connectivity index (χ3n) is 4.84. The zero-order chi connectivity index (χ0) is 16.7. The molecular formula is C17H16F3N3O. The fraction of sp³-hybridized carbons (Fsp3) is 0.412. The van der Waals surface area contributed by atoms with E-state index in [2.05, 4.69) is 19.6 Å². The number of hydrogen-bond donors (Lipinski definition) is 0. The molecule has 0 aliphatic carbocycles. The van der Waals surface area contributed by atoms with E-state index >= 15 is 0 Å². The molecule has 1 saturated heterocycles. The van der Waals surface area contributed by atoms with Gasteiger partial charge in [0.2, 0.25) is 0 Å². The fourth-order valence-corrected chi connectivity index (χ4v) is 3.81. The minimum absolute atomic E-state index is 0.236. The van der Waals surface area contributed by atoms with E-state index in [0.717, 1.165) is 36.1 Å². The van der Waals surface area contributed by atoms with E-state index in [9.17, 15) is 13.2 Å². The van der Waals surface area contributed by atoms with Gasteiger partial charge in [-0.05, 0) is 30.5 Å². The van der Waals surface area contributed by atoms with Gasteiger partial charge in [0, 0.05) is 36.8 Å². The molecule has 1 fully saturated rings. The second kappa shape index (κ2) is 6.05. The van der Waals surface area contributed by atoms with Crippen LogP contribution in [0.15, 0.2) is 30.7 Å². The van der Waals surface area contributed by atoms with Crippen molar-refractivity contribution in [1.82, 2.24) is 14.9 Å². The Morgan fingerprint density at radius 3 is 2.96 bits per heavy atom. The lowest BCUT2D eigenvalue weighted by Gasteiger charge is -2.35. The minimum atomic E-state index is -3.03. The number of aromatic nitrogens is 2. The van der Waals surface area contributed by atoms with Crippen LogP contribution >= 0.6 is 0 Å². The fourth-order valence-electron chi connectivity index (χ4n) is 3.81. The van der Waals surface area contributed by atoms with Gasteiger partial charge in [-0.15, -0.1) is 0 Å². The maximum Gasteiger partial charge on any atom is 0.387 e. The summed E-state index contributed by atoms with van der Waals surface area (Å²) in [5.74, 6) is -1.19. The number of alkyl halides is 2. The van der Waals surface area contributed by atoms with Crippen molar-refractivity contribution in [3.8, 4) is 5.75 Å². The average molecular weight is 335 g/mol. The highest BCUT2D eigenvalue weighted by Gasteiger charge is 2.40. The van der Waals surface area contributed by atoms with Crippen LogP contribution in [0.1, 0.15) is 35.7 Å². The van der Waals surface area contributed by atoms with Crippen LogP contribution in [0.4, 0.5) is 13.2 Å². The number of ether oxygens (including phenoxy) is 1. The molecule has 2 aliphatic rings. The molecule has 0 amide bonds. The lowest BCUT2D eigenvalue weighted by molar-refractivity contribution is -0.0522. The first-order valence-electron chi connectivity index (χ1n) is 7.89. The van der Waals surface area contributed by atoms with Gasteiger partial charge < -0.3 is 4.74 Å². The Morgan fingerprint density at radius 1 is 1.29 bits per heavy atom. The zero-order valence-electron chi connectivity index (χ0n) is 12.8. The highest BCUT2D eigenvalue weighted by atomic mass is 19.3. The van der Waals surface area contributed by atoms with Gasteiger partial charge in [-0.1, -0.05) is 6.07 Å². The van der Waals surface area contributed by atoms with Gasteiger partial charge in [0.1, 0.15) is 6.33 Å². The van der Waals surface area contributed by atoms with Crippen LogP contribution in [0.25, 0.3) is 0 Å². The predicted octanol–water partition coefficient (Wildman–Crippen LogP) is 3.48. The molecule has 2 atom stereocenters. The number of halogens is 3. The van der Waals surface area contributed by atoms with Crippen molar-refractivity contribution in [2.75, 3.05) is 0 Å². The molecule has 2 bridgehead atoms. The Kier molecular flexibility index (Phi) is 3.88. The van der Waals surface area contributed by atoms with E-state index in [4.69, 9.17) is 0 Å². The monoisotopic (exact) mass is 335 g/mol. The third-order valence-corrected chi connectivity index (χ3v) is 4.84. The standard InChI is InChI=1S/C17H16F3N3O/c18-13-5-10(1-4-16(13)24-17(19)20)8-23-11-2-3-15(23)12-7-21-9-22-14(12)6-11/h1,4-5,7,9,11,15,17H,2-3,6,8H2. The van der Waals surface area contributed by atoms with E-state index < -0.39 is 18.2 Å². The molecule has 126 valence electrons. The molecule has 1 aromatic carbocycles. The van der Waals surface area contributed by atoms with Crippen LogP contribution < -0.4 is 4.74 Å². The van der Waals surface area contributed by atoms with Crippen LogP contribution in [0, 0.1) is 5.82 Å². The van der Waals surface area contributed by atoms with Crippen molar-refractivity contribution < 1.29 is 17.9 Å². The lowest BCUT2D eigenvalue weighted by Crippen LogP contribution is -2.37. The normalized spacial score (nSPS) is 22.7. The highest BCUT2D eigenvalue weighted by molar-refractivity contribution is 5.31. The van der Waals surface area contributed by atoms with Crippen LogP contribution in [0.2, 0.25) is 0 Å². The van der Waals surface area contributed by atoms with Gasteiger partial charge in [0.05, 0.1) is 5.69 Å². The first kappa shape index (κ1) is 15.4. The Morgan fingerprint density at radius 2 is 2.17 bits per heavy atom. The summed E-state index contributed by atoms with van der Waals surface area (Å²) in [5, 5.41) is 0. The van der Waals surface area contributed by atoms with Gasteiger partial charge in [-0.3, -0.25) is 4.90 Å². The molecule has 4 rings (SSSR count). The molecule has 2 aliphatic heterocycles. The predicted molar refractivity (Wildman–Crippen MR) is 80.1 cm³/mol. The second-order valence-electron chi connectivity index (χ2n) is 6.19. The van der Waals surface area contributed by atoms with Crippen molar-refractivity contribution in [3.05, 3.63) is 53.4 Å². The van der Waals surface area contributed by atoms with Crippen molar-refractivity contribution in [3.63, 3.8) is 0 Å². The summed E-state index contributed by atoms with van der Waals surface area (Å²) in [6, 6.07) is 4.78. The highest BCUT2D eigenvalue weighted by Crippen LogP contribution is 2.43. The van der Waals surface area contributed by atoms with Crippen LogP contribution in [-0.4, -0.2) is 27.5 Å². The molecule has 1 aromatic heterocycles. The van der Waals surface area contributed by atoms with Crippen LogP contribution in [-0.2, 0) is 13.0 Å². The molecular weight excluding hydrogens is 319 g/mol. The summed E-state index contributed by atoms with van der Waals surface area (Å²) in [4.78, 5) is 10.8. The number of benzene rings is 1. The summed E-state index contributed by atoms with van der Waals surface area (Å²) in [6.07, 6.45) is 6.40. The van der Waals surface area contributed by atoms with Gasteiger partial charge in [0.15, 0.2) is 11.6 Å². The molecule has 2 unspecified atom stereocenters. The van der Waals surface area contributed by atoms with Crippen LogP contribution in [0.3, 0.4) is 0 Å². The van der Waals surface area contributed by atoms with Crippen molar-refractivity contribution in [1.29, 1.82) is 0 Å². The molecule has 2 aromatic rings. The van der Waals surface area contributed by atoms with E-state index in [1.54, 1.807) is 12.4 Å². The second-order valence-corrected chi connectivity index (χ2v) is 6.19. The SMILES string of the molecule is Fc1cc(CN2C3CCC2c2cncnc2C3)ccc1OC(F)F. The van der Waals surface area contributed by atoms with E-state index in [1.807, 2.05) is 6.20 Å². The summed E-state index contributed by atoms with van der Waals surface area (Å²) < 4.78 is 42.5. The quantitative estimate of drug-likeness (QED) is 0.857. The molecule has 24 heavy (non-hydrogen) atoms. The Bertz CT molecular complexity index is 756. The van der Waals surface area contributed by atoms with E-state index in [0.29, 0.717) is 12.6 Å². The topological polar surface area (TPSA) is 38.2 Å². The summed E-state index contributed by atoms with van der Waals surface area (Å²) in [7, 11) is 0. The number of rotatable bonds is 4. The molecule has 0 saturated carbocycles. The summed E-state index contributed by atoms with van der Waals surface area (Å²) in [6.45, 7) is -2.46. The number of nitrogens with zero attached hydrogens (tertiary/aromatic N) is 3. The Labute approximate surface area is 137 Å². The molecule has 0 N–H and O–H groups in total. The Hall–Kier alpha value is -2.15. The molecule has 3 heterocycles. The third kappa shape index (κ3) is 2.73. The molecule has 4 nitrogen and oxygen atoms in total. The summed E-state index contributed by atoms with van der Waals surface area (Å²) >= 11 is 0. The largest absolute Gasteiger partial charge is 0.432 e. The first-order valence-corrected chi connectivity index (χ1v) is 7.89. The Balaban J connectivity index is 1.55. The van der Waals surface area contributed by atoms with Crippen molar-refractivity contribution >= 4 is 0 Å². The van der Waals surface area contributed by atoms with Crippen molar-refractivity contribution in [2.45, 2.75) is 44.5 Å². The van der Waals surface area contributed by atoms with E-state index in [-0.39, 0.29) is 6.04 Å². The lowest BCUT2D eigenvalue weighted by atomic mass is 9.98. The van der Waals surface area contributed by atoms with Gasteiger partial charge in [-0.25, -0.2) is 14.4 Å².